The fourth-order valence-corrected chi connectivity index (χ4v) is 3.30. The monoisotopic (exact) mass is 411 g/mol. The Hall–Kier alpha value is -0.840. The van der Waals surface area contributed by atoms with Gasteiger partial charge in [-0.25, -0.2) is 0 Å². The maximum absolute atomic E-state index is 5.58. The zero-order chi connectivity index (χ0) is 15.4. The molecule has 1 N–H and O–H groups in total. The van der Waals surface area contributed by atoms with E-state index in [1.807, 2.05) is 20.0 Å². The Morgan fingerprint density at radius 2 is 1.90 bits per heavy atom. The largest absolute Gasteiger partial charge is 0.493 e. The van der Waals surface area contributed by atoms with Crippen LogP contribution in [0.15, 0.2) is 45.3 Å². The second-order valence-corrected chi connectivity index (χ2v) is 6.51. The molecule has 0 aliphatic carbocycles. The molecular formula is C17H19Br2NO. The first-order valence-corrected chi connectivity index (χ1v) is 8.51. The normalized spacial score (nSPS) is 12.2. The van der Waals surface area contributed by atoms with Gasteiger partial charge in [0.2, 0.25) is 0 Å². The minimum Gasteiger partial charge on any atom is -0.493 e. The summed E-state index contributed by atoms with van der Waals surface area (Å²) in [4.78, 5) is 0. The minimum absolute atomic E-state index is 0.148. The number of hydrogen-bond donors (Lipinski definition) is 1. The van der Waals surface area contributed by atoms with Gasteiger partial charge >= 0.3 is 0 Å². The molecule has 0 saturated heterocycles. The zero-order valence-corrected chi connectivity index (χ0v) is 15.6. The first kappa shape index (κ1) is 16.5. The van der Waals surface area contributed by atoms with Crippen LogP contribution in [0.2, 0.25) is 0 Å². The maximum Gasteiger partial charge on any atom is 0.133 e. The minimum atomic E-state index is 0.148. The van der Waals surface area contributed by atoms with E-state index in [2.05, 4.69) is 74.4 Å². The predicted octanol–water partition coefficient (Wildman–Crippen LogP) is 5.23. The van der Waals surface area contributed by atoms with Crippen LogP contribution in [0.25, 0.3) is 0 Å². The Kier molecular flexibility index (Phi) is 5.85. The molecule has 0 heterocycles. The summed E-state index contributed by atoms with van der Waals surface area (Å²) in [5.74, 6) is 0.877. The van der Waals surface area contributed by atoms with Gasteiger partial charge in [0.05, 0.1) is 17.1 Å². The second-order valence-electron chi connectivity index (χ2n) is 4.80. The lowest BCUT2D eigenvalue weighted by atomic mass is 9.95. The Balaban J connectivity index is 2.42. The van der Waals surface area contributed by atoms with Gasteiger partial charge in [0, 0.05) is 4.47 Å². The maximum atomic E-state index is 5.58. The Morgan fingerprint density at radius 3 is 2.52 bits per heavy atom. The molecular weight excluding hydrogens is 394 g/mol. The van der Waals surface area contributed by atoms with Gasteiger partial charge in [0.1, 0.15) is 5.75 Å². The summed E-state index contributed by atoms with van der Waals surface area (Å²) in [5.41, 5.74) is 3.72. The van der Waals surface area contributed by atoms with Crippen molar-refractivity contribution in [2.24, 2.45) is 0 Å². The predicted molar refractivity (Wildman–Crippen MR) is 95.1 cm³/mol. The SMILES string of the molecule is CCOc1ccc(C(NC)c2cccc(Br)c2C)cc1Br. The summed E-state index contributed by atoms with van der Waals surface area (Å²) in [6, 6.07) is 12.7. The molecule has 112 valence electrons. The number of benzene rings is 2. The second kappa shape index (κ2) is 7.43. The molecule has 0 aliphatic heterocycles. The number of rotatable bonds is 5. The van der Waals surface area contributed by atoms with Gasteiger partial charge in [-0.1, -0.05) is 34.1 Å². The molecule has 0 saturated carbocycles. The summed E-state index contributed by atoms with van der Waals surface area (Å²) in [7, 11) is 1.98. The number of halogens is 2. The summed E-state index contributed by atoms with van der Waals surface area (Å²) < 4.78 is 7.69. The highest BCUT2D eigenvalue weighted by Gasteiger charge is 2.16. The van der Waals surface area contributed by atoms with Crippen LogP contribution >= 0.6 is 31.9 Å². The van der Waals surface area contributed by atoms with Crippen LogP contribution in [0.1, 0.15) is 29.7 Å². The van der Waals surface area contributed by atoms with Crippen LogP contribution in [-0.2, 0) is 0 Å². The van der Waals surface area contributed by atoms with Crippen molar-refractivity contribution < 1.29 is 4.74 Å². The van der Waals surface area contributed by atoms with Gasteiger partial charge in [0.25, 0.3) is 0 Å². The molecule has 4 heteroatoms. The smallest absolute Gasteiger partial charge is 0.133 e. The molecule has 21 heavy (non-hydrogen) atoms. The lowest BCUT2D eigenvalue weighted by molar-refractivity contribution is 0.338. The topological polar surface area (TPSA) is 21.3 Å². The molecule has 2 nitrogen and oxygen atoms in total. The quantitative estimate of drug-likeness (QED) is 0.725. The highest BCUT2D eigenvalue weighted by Crippen LogP contribution is 2.33. The molecule has 0 amide bonds. The molecule has 0 aromatic heterocycles. The van der Waals surface area contributed by atoms with Gasteiger partial charge in [-0.3, -0.25) is 0 Å². The molecule has 1 unspecified atom stereocenters. The first-order valence-electron chi connectivity index (χ1n) is 6.93. The van der Waals surface area contributed by atoms with E-state index in [0.29, 0.717) is 6.61 Å². The third-order valence-corrected chi connectivity index (χ3v) is 4.98. The number of hydrogen-bond acceptors (Lipinski definition) is 2. The van der Waals surface area contributed by atoms with Gasteiger partial charge < -0.3 is 10.1 Å². The van der Waals surface area contributed by atoms with Crippen LogP contribution in [0.3, 0.4) is 0 Å². The molecule has 0 aliphatic rings. The van der Waals surface area contributed by atoms with Crippen LogP contribution in [-0.4, -0.2) is 13.7 Å². The van der Waals surface area contributed by atoms with E-state index in [1.165, 1.54) is 16.7 Å². The van der Waals surface area contributed by atoms with Crippen molar-refractivity contribution in [2.45, 2.75) is 19.9 Å². The summed E-state index contributed by atoms with van der Waals surface area (Å²) in [6.07, 6.45) is 0. The van der Waals surface area contributed by atoms with E-state index in [-0.39, 0.29) is 6.04 Å². The van der Waals surface area contributed by atoms with E-state index in [0.717, 1.165) is 14.7 Å². The molecule has 0 spiro atoms. The third-order valence-electron chi connectivity index (χ3n) is 3.50. The fraction of sp³-hybridized carbons (Fsp3) is 0.294. The van der Waals surface area contributed by atoms with Crippen molar-refractivity contribution in [3.63, 3.8) is 0 Å². The highest BCUT2D eigenvalue weighted by atomic mass is 79.9. The van der Waals surface area contributed by atoms with Gasteiger partial charge in [-0.05, 0) is 71.7 Å². The fourth-order valence-electron chi connectivity index (χ4n) is 2.41. The van der Waals surface area contributed by atoms with Crippen molar-refractivity contribution in [1.29, 1.82) is 0 Å². The average Bonchev–Trinajstić information content (AvgIpc) is 2.47. The molecule has 0 fully saturated rings. The molecule has 1 atom stereocenters. The molecule has 0 radical (unpaired) electrons. The Morgan fingerprint density at radius 1 is 1.14 bits per heavy atom. The highest BCUT2D eigenvalue weighted by molar-refractivity contribution is 9.10. The van der Waals surface area contributed by atoms with Crippen LogP contribution in [0.4, 0.5) is 0 Å². The van der Waals surface area contributed by atoms with E-state index >= 15 is 0 Å². The standard InChI is InChI=1S/C17H19Br2NO/c1-4-21-16-9-8-12(10-15(16)19)17(20-3)13-6-5-7-14(18)11(13)2/h5-10,17,20H,4H2,1-3H3. The lowest BCUT2D eigenvalue weighted by Gasteiger charge is -2.21. The zero-order valence-electron chi connectivity index (χ0n) is 12.4. The summed E-state index contributed by atoms with van der Waals surface area (Å²) in [6.45, 7) is 4.78. The lowest BCUT2D eigenvalue weighted by Crippen LogP contribution is -2.18. The van der Waals surface area contributed by atoms with Crippen LogP contribution in [0.5, 0.6) is 5.75 Å². The average molecular weight is 413 g/mol. The summed E-state index contributed by atoms with van der Waals surface area (Å²) in [5, 5.41) is 3.40. The summed E-state index contributed by atoms with van der Waals surface area (Å²) >= 11 is 7.19. The van der Waals surface area contributed by atoms with E-state index in [4.69, 9.17) is 4.74 Å². The Bertz CT molecular complexity index is 628. The molecule has 2 aromatic rings. The van der Waals surface area contributed by atoms with Crippen LogP contribution in [0, 0.1) is 6.92 Å². The molecule has 2 rings (SSSR count). The van der Waals surface area contributed by atoms with Crippen molar-refractivity contribution in [3.8, 4) is 5.75 Å². The van der Waals surface area contributed by atoms with Crippen molar-refractivity contribution in [2.75, 3.05) is 13.7 Å². The first-order chi connectivity index (χ1) is 10.1. The number of ether oxygens (including phenoxy) is 1. The van der Waals surface area contributed by atoms with Crippen LogP contribution < -0.4 is 10.1 Å². The van der Waals surface area contributed by atoms with E-state index < -0.39 is 0 Å². The Labute approximate surface area is 143 Å². The van der Waals surface area contributed by atoms with Crippen molar-refractivity contribution in [1.82, 2.24) is 5.32 Å². The van der Waals surface area contributed by atoms with E-state index in [1.54, 1.807) is 0 Å². The van der Waals surface area contributed by atoms with E-state index in [9.17, 15) is 0 Å². The molecule has 0 bridgehead atoms. The van der Waals surface area contributed by atoms with Gasteiger partial charge in [0.15, 0.2) is 0 Å². The van der Waals surface area contributed by atoms with Crippen molar-refractivity contribution >= 4 is 31.9 Å². The number of nitrogens with one attached hydrogen (secondary N) is 1. The molecule has 2 aromatic carbocycles. The van der Waals surface area contributed by atoms with Gasteiger partial charge in [-0.2, -0.15) is 0 Å². The van der Waals surface area contributed by atoms with Crippen molar-refractivity contribution in [3.05, 3.63) is 62.0 Å². The van der Waals surface area contributed by atoms with Gasteiger partial charge in [-0.15, -0.1) is 0 Å². The third kappa shape index (κ3) is 3.68.